The van der Waals surface area contributed by atoms with Gasteiger partial charge in [0, 0.05) is 16.0 Å². The summed E-state index contributed by atoms with van der Waals surface area (Å²) in [4.78, 5) is 12.1. The summed E-state index contributed by atoms with van der Waals surface area (Å²) in [6.45, 7) is 0.533. The van der Waals surface area contributed by atoms with Gasteiger partial charge in [-0.1, -0.05) is 33.6 Å². The number of aliphatic carboxylic acids is 1. The molecule has 0 aliphatic rings. The van der Waals surface area contributed by atoms with E-state index in [2.05, 4.69) is 15.9 Å². The van der Waals surface area contributed by atoms with Gasteiger partial charge in [0.1, 0.15) is 0 Å². The molecule has 0 atom stereocenters. The molecule has 0 bridgehead atoms. The Morgan fingerprint density at radius 3 is 2.80 bits per heavy atom. The van der Waals surface area contributed by atoms with E-state index >= 15 is 0 Å². The Hall–Kier alpha value is -0.580. The van der Waals surface area contributed by atoms with Gasteiger partial charge in [0.05, 0.1) is 6.54 Å². The van der Waals surface area contributed by atoms with Crippen molar-refractivity contribution in [3.8, 4) is 0 Å². The van der Waals surface area contributed by atoms with Gasteiger partial charge < -0.3 is 5.11 Å². The summed E-state index contributed by atoms with van der Waals surface area (Å²) in [7, 11) is 1.74. The molecule has 1 aromatic carbocycles. The molecule has 5 heteroatoms. The molecule has 0 heterocycles. The minimum Gasteiger partial charge on any atom is -0.480 e. The molecule has 0 spiro atoms. The van der Waals surface area contributed by atoms with Crippen molar-refractivity contribution in [2.75, 3.05) is 13.6 Å². The standard InChI is InChI=1S/C10H11BrClNO2/c1-13(6-10(14)15)5-7-2-3-8(11)4-9(7)12/h2-4H,5-6H2,1H3,(H,14,15). The molecule has 0 saturated heterocycles. The van der Waals surface area contributed by atoms with Crippen LogP contribution in [0.25, 0.3) is 0 Å². The molecule has 82 valence electrons. The van der Waals surface area contributed by atoms with E-state index < -0.39 is 5.97 Å². The molecule has 0 saturated carbocycles. The normalized spacial score (nSPS) is 10.7. The van der Waals surface area contributed by atoms with Crippen molar-refractivity contribution in [1.29, 1.82) is 0 Å². The van der Waals surface area contributed by atoms with Gasteiger partial charge in [0.2, 0.25) is 0 Å². The second-order valence-electron chi connectivity index (χ2n) is 3.30. The van der Waals surface area contributed by atoms with E-state index in [0.717, 1.165) is 10.0 Å². The van der Waals surface area contributed by atoms with Gasteiger partial charge in [-0.15, -0.1) is 0 Å². The smallest absolute Gasteiger partial charge is 0.317 e. The number of carboxylic acids is 1. The fourth-order valence-corrected chi connectivity index (χ4v) is 1.96. The number of carboxylic acid groups (broad SMARTS) is 1. The summed E-state index contributed by atoms with van der Waals surface area (Å²) in [5, 5.41) is 9.23. The van der Waals surface area contributed by atoms with Crippen LogP contribution in [-0.4, -0.2) is 29.6 Å². The molecule has 0 aliphatic heterocycles. The lowest BCUT2D eigenvalue weighted by Crippen LogP contribution is -2.25. The van der Waals surface area contributed by atoms with Crippen LogP contribution in [0.1, 0.15) is 5.56 Å². The van der Waals surface area contributed by atoms with Crippen molar-refractivity contribution in [1.82, 2.24) is 4.90 Å². The number of rotatable bonds is 4. The largest absolute Gasteiger partial charge is 0.480 e. The molecule has 0 amide bonds. The fraction of sp³-hybridized carbons (Fsp3) is 0.300. The van der Waals surface area contributed by atoms with Crippen molar-refractivity contribution in [2.24, 2.45) is 0 Å². The van der Waals surface area contributed by atoms with Crippen molar-refractivity contribution < 1.29 is 9.90 Å². The first-order valence-electron chi connectivity index (χ1n) is 4.33. The number of likely N-dealkylation sites (N-methyl/N-ethyl adjacent to an activating group) is 1. The van der Waals surface area contributed by atoms with Crippen LogP contribution in [0.15, 0.2) is 22.7 Å². The Kier molecular flexibility index (Phi) is 4.57. The predicted octanol–water partition coefficient (Wildman–Crippen LogP) is 2.62. The first-order valence-corrected chi connectivity index (χ1v) is 5.50. The van der Waals surface area contributed by atoms with Crippen LogP contribution >= 0.6 is 27.5 Å². The number of nitrogens with zero attached hydrogens (tertiary/aromatic N) is 1. The number of hydrogen-bond donors (Lipinski definition) is 1. The molecule has 3 nitrogen and oxygen atoms in total. The lowest BCUT2D eigenvalue weighted by atomic mass is 10.2. The third kappa shape index (κ3) is 4.20. The molecular weight excluding hydrogens is 281 g/mol. The van der Waals surface area contributed by atoms with E-state index in [-0.39, 0.29) is 6.54 Å². The number of carbonyl (C=O) groups is 1. The highest BCUT2D eigenvalue weighted by Crippen LogP contribution is 2.22. The van der Waals surface area contributed by atoms with Gasteiger partial charge in [0.15, 0.2) is 0 Å². The molecule has 0 aliphatic carbocycles. The SMILES string of the molecule is CN(CC(=O)O)Cc1ccc(Br)cc1Cl. The Balaban J connectivity index is 2.68. The topological polar surface area (TPSA) is 40.5 Å². The van der Waals surface area contributed by atoms with Crippen LogP contribution < -0.4 is 0 Å². The van der Waals surface area contributed by atoms with Crippen molar-refractivity contribution in [2.45, 2.75) is 6.54 Å². The summed E-state index contributed by atoms with van der Waals surface area (Å²) in [6.07, 6.45) is 0. The third-order valence-electron chi connectivity index (χ3n) is 1.86. The third-order valence-corrected chi connectivity index (χ3v) is 2.71. The van der Waals surface area contributed by atoms with Crippen LogP contribution in [0.4, 0.5) is 0 Å². The highest BCUT2D eigenvalue weighted by Gasteiger charge is 2.07. The van der Waals surface area contributed by atoms with E-state index in [1.807, 2.05) is 12.1 Å². The van der Waals surface area contributed by atoms with Gasteiger partial charge in [-0.05, 0) is 24.7 Å². The Morgan fingerprint density at radius 1 is 1.60 bits per heavy atom. The zero-order chi connectivity index (χ0) is 11.4. The van der Waals surface area contributed by atoms with Crippen LogP contribution in [-0.2, 0) is 11.3 Å². The summed E-state index contributed by atoms with van der Waals surface area (Å²) in [5.74, 6) is -0.842. The number of halogens is 2. The minimum absolute atomic E-state index is 0.00634. The average molecular weight is 293 g/mol. The Labute approximate surface area is 102 Å². The lowest BCUT2D eigenvalue weighted by Gasteiger charge is -2.14. The van der Waals surface area contributed by atoms with Gasteiger partial charge in [-0.3, -0.25) is 9.69 Å². The van der Waals surface area contributed by atoms with E-state index in [9.17, 15) is 4.79 Å². The van der Waals surface area contributed by atoms with Gasteiger partial charge >= 0.3 is 5.97 Å². The molecule has 1 rings (SSSR count). The van der Waals surface area contributed by atoms with Crippen molar-refractivity contribution in [3.05, 3.63) is 33.3 Å². The molecule has 1 aromatic rings. The van der Waals surface area contributed by atoms with Crippen LogP contribution in [0, 0.1) is 0 Å². The summed E-state index contributed by atoms with van der Waals surface area (Å²) in [6, 6.07) is 5.56. The number of hydrogen-bond acceptors (Lipinski definition) is 2. The lowest BCUT2D eigenvalue weighted by molar-refractivity contribution is -0.138. The molecular formula is C10H11BrClNO2. The highest BCUT2D eigenvalue weighted by molar-refractivity contribution is 9.10. The first kappa shape index (κ1) is 12.5. The molecule has 0 fully saturated rings. The predicted molar refractivity (Wildman–Crippen MR) is 63.1 cm³/mol. The van der Waals surface area contributed by atoms with Crippen LogP contribution in [0.3, 0.4) is 0 Å². The van der Waals surface area contributed by atoms with Crippen molar-refractivity contribution >= 4 is 33.5 Å². The fourth-order valence-electron chi connectivity index (χ4n) is 1.23. The van der Waals surface area contributed by atoms with Gasteiger partial charge in [0.25, 0.3) is 0 Å². The quantitative estimate of drug-likeness (QED) is 0.927. The average Bonchev–Trinajstić information content (AvgIpc) is 2.08. The van der Waals surface area contributed by atoms with Crippen molar-refractivity contribution in [3.63, 3.8) is 0 Å². The second-order valence-corrected chi connectivity index (χ2v) is 4.62. The van der Waals surface area contributed by atoms with E-state index in [4.69, 9.17) is 16.7 Å². The van der Waals surface area contributed by atoms with E-state index in [0.29, 0.717) is 11.6 Å². The summed E-state index contributed by atoms with van der Waals surface area (Å²) < 4.78 is 0.914. The second kappa shape index (κ2) is 5.49. The van der Waals surface area contributed by atoms with Gasteiger partial charge in [-0.25, -0.2) is 0 Å². The Bertz CT molecular complexity index is 370. The maximum atomic E-state index is 10.5. The van der Waals surface area contributed by atoms with Gasteiger partial charge in [-0.2, -0.15) is 0 Å². The van der Waals surface area contributed by atoms with Crippen LogP contribution in [0.2, 0.25) is 5.02 Å². The minimum atomic E-state index is -0.842. The maximum absolute atomic E-state index is 10.5. The summed E-state index contributed by atoms with van der Waals surface area (Å²) in [5.41, 5.74) is 0.920. The van der Waals surface area contributed by atoms with E-state index in [1.54, 1.807) is 18.0 Å². The molecule has 1 N–H and O–H groups in total. The molecule has 0 radical (unpaired) electrons. The zero-order valence-corrected chi connectivity index (χ0v) is 10.5. The maximum Gasteiger partial charge on any atom is 0.317 e. The highest BCUT2D eigenvalue weighted by atomic mass is 79.9. The van der Waals surface area contributed by atoms with Crippen LogP contribution in [0.5, 0.6) is 0 Å². The number of benzene rings is 1. The zero-order valence-electron chi connectivity index (χ0n) is 8.20. The monoisotopic (exact) mass is 291 g/mol. The molecule has 15 heavy (non-hydrogen) atoms. The molecule has 0 aromatic heterocycles. The first-order chi connectivity index (χ1) is 6.99. The Morgan fingerprint density at radius 2 is 2.27 bits per heavy atom. The molecule has 0 unspecified atom stereocenters. The summed E-state index contributed by atoms with van der Waals surface area (Å²) >= 11 is 9.32. The van der Waals surface area contributed by atoms with E-state index in [1.165, 1.54) is 0 Å².